The predicted molar refractivity (Wildman–Crippen MR) is 120 cm³/mol. The molecule has 0 aliphatic carbocycles. The molecular weight excluding hydrogens is 443 g/mol. The van der Waals surface area contributed by atoms with Crippen molar-refractivity contribution in [3.63, 3.8) is 0 Å². The van der Waals surface area contributed by atoms with Gasteiger partial charge in [0.15, 0.2) is 5.96 Å². The number of aliphatic imine (C=N–C) groups is 1. The van der Waals surface area contributed by atoms with Crippen LogP contribution < -0.4 is 10.6 Å². The zero-order valence-electron chi connectivity index (χ0n) is 15.7. The van der Waals surface area contributed by atoms with Gasteiger partial charge in [-0.2, -0.15) is 0 Å². The molecule has 0 aliphatic heterocycles. The molecule has 0 unspecified atom stereocenters. The quantitative estimate of drug-likeness (QED) is 0.379. The number of thiazole rings is 1. The zero-order valence-corrected chi connectivity index (χ0v) is 18.9. The van der Waals surface area contributed by atoms with Gasteiger partial charge < -0.3 is 10.6 Å². The fraction of sp³-hybridized carbons (Fsp3) is 0.474. The van der Waals surface area contributed by atoms with E-state index in [-0.39, 0.29) is 29.4 Å². The fourth-order valence-corrected chi connectivity index (χ4v) is 3.28. The normalized spacial score (nSPS) is 11.8. The Morgan fingerprint density at radius 2 is 2.00 bits per heavy atom. The topological polar surface area (TPSA) is 49.3 Å². The van der Waals surface area contributed by atoms with E-state index in [4.69, 9.17) is 0 Å². The van der Waals surface area contributed by atoms with Crippen molar-refractivity contribution >= 4 is 41.3 Å². The summed E-state index contributed by atoms with van der Waals surface area (Å²) in [6.07, 6.45) is 2.85. The van der Waals surface area contributed by atoms with Gasteiger partial charge in [-0.25, -0.2) is 4.98 Å². The highest BCUT2D eigenvalue weighted by molar-refractivity contribution is 14.0. The number of aryl methyl sites for hydroxylation is 2. The third kappa shape index (κ3) is 6.93. The number of hydrogen-bond acceptors (Lipinski definition) is 3. The van der Waals surface area contributed by atoms with Crippen molar-refractivity contribution in [1.29, 1.82) is 0 Å². The maximum absolute atomic E-state index is 4.39. The van der Waals surface area contributed by atoms with Gasteiger partial charge in [-0.15, -0.1) is 35.3 Å². The van der Waals surface area contributed by atoms with Crippen LogP contribution in [0.15, 0.2) is 35.5 Å². The smallest absolute Gasteiger partial charge is 0.191 e. The SMILES string of the molecule is CN=C(NCCc1ncc(C)s1)NCC(C)(C)c1cccc(C)c1.I. The van der Waals surface area contributed by atoms with Crippen LogP contribution in [0.3, 0.4) is 0 Å². The van der Waals surface area contributed by atoms with Crippen molar-refractivity contribution in [3.05, 3.63) is 51.5 Å². The van der Waals surface area contributed by atoms with E-state index in [2.05, 4.69) is 72.6 Å². The van der Waals surface area contributed by atoms with E-state index in [1.165, 1.54) is 16.0 Å². The maximum Gasteiger partial charge on any atom is 0.191 e. The van der Waals surface area contributed by atoms with Crippen molar-refractivity contribution < 1.29 is 0 Å². The second-order valence-electron chi connectivity index (χ2n) is 6.72. The van der Waals surface area contributed by atoms with Crippen molar-refractivity contribution in [2.24, 2.45) is 4.99 Å². The molecule has 138 valence electrons. The Hall–Kier alpha value is -1.15. The standard InChI is InChI=1S/C19H28N4S.HI/c1-14-7-6-8-16(11-14)19(3,4)13-23-18(20-5)21-10-9-17-22-12-15(2)24-17;/h6-8,11-12H,9-10,13H2,1-5H3,(H2,20,21,23);1H. The molecule has 0 spiro atoms. The molecule has 4 nitrogen and oxygen atoms in total. The maximum atomic E-state index is 4.39. The molecular formula is C19H29IN4S. The minimum Gasteiger partial charge on any atom is -0.356 e. The molecule has 1 aromatic carbocycles. The lowest BCUT2D eigenvalue weighted by molar-refractivity contribution is 0.508. The van der Waals surface area contributed by atoms with Gasteiger partial charge in [0.1, 0.15) is 0 Å². The van der Waals surface area contributed by atoms with Gasteiger partial charge in [0.2, 0.25) is 0 Å². The highest BCUT2D eigenvalue weighted by Gasteiger charge is 2.20. The largest absolute Gasteiger partial charge is 0.356 e. The third-order valence-corrected chi connectivity index (χ3v) is 4.99. The second-order valence-corrected chi connectivity index (χ2v) is 8.04. The first-order valence-electron chi connectivity index (χ1n) is 8.34. The molecule has 0 saturated heterocycles. The highest BCUT2D eigenvalue weighted by atomic mass is 127. The van der Waals surface area contributed by atoms with Crippen LogP contribution >= 0.6 is 35.3 Å². The molecule has 0 bridgehead atoms. The van der Waals surface area contributed by atoms with Crippen LogP contribution in [0.5, 0.6) is 0 Å². The first-order chi connectivity index (χ1) is 11.4. The number of benzene rings is 1. The third-order valence-electron chi connectivity index (χ3n) is 4.02. The van der Waals surface area contributed by atoms with Gasteiger partial charge >= 0.3 is 0 Å². The van der Waals surface area contributed by atoms with Crippen molar-refractivity contribution in [3.8, 4) is 0 Å². The van der Waals surface area contributed by atoms with Crippen molar-refractivity contribution in [2.75, 3.05) is 20.1 Å². The van der Waals surface area contributed by atoms with E-state index in [1.807, 2.05) is 13.2 Å². The van der Waals surface area contributed by atoms with Crippen molar-refractivity contribution in [2.45, 2.75) is 39.5 Å². The first kappa shape index (κ1) is 21.9. The van der Waals surface area contributed by atoms with Gasteiger partial charge in [0, 0.05) is 43.0 Å². The Kier molecular flexibility index (Phi) is 8.85. The van der Waals surface area contributed by atoms with Crippen LogP contribution in [-0.4, -0.2) is 31.1 Å². The van der Waals surface area contributed by atoms with E-state index in [9.17, 15) is 0 Å². The van der Waals surface area contributed by atoms with E-state index in [0.717, 1.165) is 30.5 Å². The molecule has 6 heteroatoms. The van der Waals surface area contributed by atoms with Crippen LogP contribution in [-0.2, 0) is 11.8 Å². The Labute approximate surface area is 172 Å². The molecule has 0 saturated carbocycles. The minimum absolute atomic E-state index is 0. The van der Waals surface area contributed by atoms with E-state index >= 15 is 0 Å². The molecule has 25 heavy (non-hydrogen) atoms. The Morgan fingerprint density at radius 1 is 1.24 bits per heavy atom. The number of nitrogens with zero attached hydrogens (tertiary/aromatic N) is 2. The summed E-state index contributed by atoms with van der Waals surface area (Å²) in [5.74, 6) is 0.837. The van der Waals surface area contributed by atoms with Crippen LogP contribution in [0, 0.1) is 13.8 Å². The van der Waals surface area contributed by atoms with Gasteiger partial charge in [0.25, 0.3) is 0 Å². The lowest BCUT2D eigenvalue weighted by Gasteiger charge is -2.27. The molecule has 0 atom stereocenters. The Bertz CT molecular complexity index is 694. The summed E-state index contributed by atoms with van der Waals surface area (Å²) in [5, 5.41) is 7.97. The summed E-state index contributed by atoms with van der Waals surface area (Å²) in [6.45, 7) is 10.4. The zero-order chi connectivity index (χ0) is 17.6. The Morgan fingerprint density at radius 3 is 2.60 bits per heavy atom. The average Bonchev–Trinajstić information content (AvgIpc) is 2.96. The van der Waals surface area contributed by atoms with Crippen LogP contribution in [0.2, 0.25) is 0 Å². The van der Waals surface area contributed by atoms with Crippen LogP contribution in [0.4, 0.5) is 0 Å². The lowest BCUT2D eigenvalue weighted by Crippen LogP contribution is -2.44. The highest BCUT2D eigenvalue weighted by Crippen LogP contribution is 2.22. The number of halogens is 1. The van der Waals surface area contributed by atoms with Crippen molar-refractivity contribution in [1.82, 2.24) is 15.6 Å². The molecule has 0 fully saturated rings. The molecule has 2 N–H and O–H groups in total. The van der Waals surface area contributed by atoms with Gasteiger partial charge in [-0.1, -0.05) is 43.7 Å². The number of guanidine groups is 1. The predicted octanol–water partition coefficient (Wildman–Crippen LogP) is 4.06. The minimum atomic E-state index is 0. The summed E-state index contributed by atoms with van der Waals surface area (Å²) in [6, 6.07) is 8.70. The second kappa shape index (κ2) is 10.1. The van der Waals surface area contributed by atoms with Gasteiger partial charge in [0.05, 0.1) is 5.01 Å². The first-order valence-corrected chi connectivity index (χ1v) is 9.15. The number of aromatic nitrogens is 1. The van der Waals surface area contributed by atoms with Crippen LogP contribution in [0.25, 0.3) is 0 Å². The monoisotopic (exact) mass is 472 g/mol. The van der Waals surface area contributed by atoms with E-state index in [0.29, 0.717) is 0 Å². The van der Waals surface area contributed by atoms with Gasteiger partial charge in [-0.3, -0.25) is 4.99 Å². The molecule has 1 heterocycles. The average molecular weight is 472 g/mol. The molecule has 2 aromatic rings. The summed E-state index contributed by atoms with van der Waals surface area (Å²) in [7, 11) is 1.81. The molecule has 0 aliphatic rings. The van der Waals surface area contributed by atoms with Crippen LogP contribution in [0.1, 0.15) is 34.9 Å². The van der Waals surface area contributed by atoms with E-state index < -0.39 is 0 Å². The lowest BCUT2D eigenvalue weighted by atomic mass is 9.84. The molecule has 0 radical (unpaired) electrons. The van der Waals surface area contributed by atoms with E-state index in [1.54, 1.807) is 11.3 Å². The summed E-state index contributed by atoms with van der Waals surface area (Å²) < 4.78 is 0. The number of rotatable bonds is 6. The summed E-state index contributed by atoms with van der Waals surface area (Å²) in [5.41, 5.74) is 2.67. The fourth-order valence-electron chi connectivity index (χ4n) is 2.50. The molecule has 0 amide bonds. The summed E-state index contributed by atoms with van der Waals surface area (Å²) >= 11 is 1.75. The van der Waals surface area contributed by atoms with Gasteiger partial charge in [-0.05, 0) is 19.4 Å². The Balaban J connectivity index is 0.00000312. The number of hydrogen-bond donors (Lipinski definition) is 2. The molecule has 1 aromatic heterocycles. The number of nitrogens with one attached hydrogen (secondary N) is 2. The molecule has 2 rings (SSSR count). The summed E-state index contributed by atoms with van der Waals surface area (Å²) in [4.78, 5) is 9.96.